The Hall–Kier alpha value is -1.26. The molecule has 0 saturated carbocycles. The van der Waals surface area contributed by atoms with Crippen LogP contribution >= 0.6 is 11.8 Å². The molecule has 0 spiro atoms. The highest BCUT2D eigenvalue weighted by molar-refractivity contribution is 7.99. The number of hydrogen-bond acceptors (Lipinski definition) is 3. The summed E-state index contributed by atoms with van der Waals surface area (Å²) in [4.78, 5) is 5.67. The minimum atomic E-state index is 0.423. The molecule has 20 heavy (non-hydrogen) atoms. The van der Waals surface area contributed by atoms with E-state index >= 15 is 0 Å². The van der Waals surface area contributed by atoms with Crippen molar-refractivity contribution in [1.29, 1.82) is 0 Å². The van der Waals surface area contributed by atoms with E-state index in [1.165, 1.54) is 10.5 Å². The third-order valence-corrected chi connectivity index (χ3v) is 4.42. The second kappa shape index (κ2) is 7.50. The highest BCUT2D eigenvalue weighted by Gasteiger charge is 2.04. The van der Waals surface area contributed by atoms with Crippen LogP contribution in [0.25, 0.3) is 0 Å². The third-order valence-electron chi connectivity index (χ3n) is 3.41. The van der Waals surface area contributed by atoms with Gasteiger partial charge in [0.25, 0.3) is 0 Å². The van der Waals surface area contributed by atoms with Crippen molar-refractivity contribution in [3.63, 3.8) is 0 Å². The van der Waals surface area contributed by atoms with Crippen molar-refractivity contribution in [3.8, 4) is 0 Å². The molecular weight excluding hydrogens is 266 g/mol. The third kappa shape index (κ3) is 4.12. The zero-order chi connectivity index (χ0) is 14.4. The minimum Gasteiger partial charge on any atom is -0.338 e. The normalized spacial score (nSPS) is 12.6. The molecule has 0 saturated heterocycles. The average Bonchev–Trinajstić information content (AvgIpc) is 2.85. The second-order valence-corrected chi connectivity index (χ2v) is 6.07. The van der Waals surface area contributed by atoms with Crippen LogP contribution in [0.5, 0.6) is 0 Å². The van der Waals surface area contributed by atoms with Gasteiger partial charge >= 0.3 is 0 Å². The predicted octanol–water partition coefficient (Wildman–Crippen LogP) is 3.43. The molecular formula is C16H23N3S. The molecule has 1 unspecified atom stereocenters. The summed E-state index contributed by atoms with van der Waals surface area (Å²) in [5.74, 6) is 2.21. The highest BCUT2D eigenvalue weighted by atomic mass is 32.2. The van der Waals surface area contributed by atoms with E-state index in [9.17, 15) is 0 Å². The van der Waals surface area contributed by atoms with Crippen molar-refractivity contribution >= 4 is 11.8 Å². The van der Waals surface area contributed by atoms with Crippen LogP contribution in [0.1, 0.15) is 31.3 Å². The minimum absolute atomic E-state index is 0.423. The summed E-state index contributed by atoms with van der Waals surface area (Å²) in [7, 11) is 2.05. The Morgan fingerprint density at radius 2 is 2.05 bits per heavy atom. The van der Waals surface area contributed by atoms with Gasteiger partial charge in [-0.1, -0.05) is 19.1 Å². The monoisotopic (exact) mass is 289 g/mol. The molecule has 1 N–H and O–H groups in total. The molecule has 108 valence electrons. The number of imidazole rings is 1. The van der Waals surface area contributed by atoms with Crippen molar-refractivity contribution in [2.24, 2.45) is 7.05 Å². The summed E-state index contributed by atoms with van der Waals surface area (Å²) >= 11 is 1.89. The van der Waals surface area contributed by atoms with Gasteiger partial charge in [-0.25, -0.2) is 4.98 Å². The maximum atomic E-state index is 4.35. The standard InChI is InChI=1S/C16H23N3S/c1-4-17-13(2)14-5-7-15(8-6-14)20-12-9-16-18-10-11-19(16)3/h5-8,10-11,13,17H,4,9,12H2,1-3H3. The van der Waals surface area contributed by atoms with Crippen LogP contribution in [-0.4, -0.2) is 21.8 Å². The van der Waals surface area contributed by atoms with Crippen LogP contribution in [0.2, 0.25) is 0 Å². The number of thioether (sulfide) groups is 1. The molecule has 0 aliphatic carbocycles. The molecule has 0 aliphatic heterocycles. The second-order valence-electron chi connectivity index (χ2n) is 4.90. The molecule has 2 rings (SSSR count). The summed E-state index contributed by atoms with van der Waals surface area (Å²) in [6.07, 6.45) is 4.86. The first kappa shape index (κ1) is 15.1. The first-order valence-electron chi connectivity index (χ1n) is 7.13. The van der Waals surface area contributed by atoms with Crippen LogP contribution in [0.15, 0.2) is 41.6 Å². The maximum Gasteiger partial charge on any atom is 0.109 e. The quantitative estimate of drug-likeness (QED) is 0.792. The number of aryl methyl sites for hydroxylation is 2. The van der Waals surface area contributed by atoms with Crippen molar-refractivity contribution in [1.82, 2.24) is 14.9 Å². The molecule has 1 heterocycles. The SMILES string of the molecule is CCNC(C)c1ccc(SCCc2nccn2C)cc1. The maximum absolute atomic E-state index is 4.35. The number of nitrogens with zero attached hydrogens (tertiary/aromatic N) is 2. The molecule has 1 aromatic heterocycles. The molecule has 0 aliphatic rings. The van der Waals surface area contributed by atoms with Crippen LogP contribution in [0.4, 0.5) is 0 Å². The average molecular weight is 289 g/mol. The molecule has 0 amide bonds. The molecule has 0 radical (unpaired) electrons. The van der Waals surface area contributed by atoms with Crippen LogP contribution in [-0.2, 0) is 13.5 Å². The van der Waals surface area contributed by atoms with E-state index in [0.717, 1.165) is 24.5 Å². The van der Waals surface area contributed by atoms with Crippen LogP contribution < -0.4 is 5.32 Å². The van der Waals surface area contributed by atoms with Crippen molar-refractivity contribution in [2.75, 3.05) is 12.3 Å². The Labute approximate surface area is 125 Å². The predicted molar refractivity (Wildman–Crippen MR) is 86.2 cm³/mol. The zero-order valence-electron chi connectivity index (χ0n) is 12.5. The summed E-state index contributed by atoms with van der Waals surface area (Å²) in [6.45, 7) is 5.34. The Kier molecular flexibility index (Phi) is 5.68. The first-order chi connectivity index (χ1) is 9.70. The Morgan fingerprint density at radius 3 is 2.65 bits per heavy atom. The van der Waals surface area contributed by atoms with E-state index in [4.69, 9.17) is 0 Å². The number of hydrogen-bond donors (Lipinski definition) is 1. The van der Waals surface area contributed by atoms with Gasteiger partial charge in [0, 0.05) is 42.6 Å². The van der Waals surface area contributed by atoms with Gasteiger partial charge in [-0.2, -0.15) is 0 Å². The lowest BCUT2D eigenvalue weighted by molar-refractivity contribution is 0.598. The number of nitrogens with one attached hydrogen (secondary N) is 1. The van der Waals surface area contributed by atoms with E-state index in [2.05, 4.69) is 53.0 Å². The summed E-state index contributed by atoms with van der Waals surface area (Å²) in [5.41, 5.74) is 1.35. The van der Waals surface area contributed by atoms with E-state index in [-0.39, 0.29) is 0 Å². The van der Waals surface area contributed by atoms with Gasteiger partial charge in [-0.05, 0) is 31.2 Å². The lowest BCUT2D eigenvalue weighted by Crippen LogP contribution is -2.17. The number of aromatic nitrogens is 2. The van der Waals surface area contributed by atoms with E-state index in [0.29, 0.717) is 6.04 Å². The largest absolute Gasteiger partial charge is 0.338 e. The summed E-state index contributed by atoms with van der Waals surface area (Å²) < 4.78 is 2.09. The van der Waals surface area contributed by atoms with Gasteiger partial charge in [0.2, 0.25) is 0 Å². The number of rotatable bonds is 7. The van der Waals surface area contributed by atoms with Gasteiger partial charge in [-0.3, -0.25) is 0 Å². The van der Waals surface area contributed by atoms with Gasteiger partial charge in [-0.15, -0.1) is 11.8 Å². The molecule has 0 bridgehead atoms. The molecule has 1 atom stereocenters. The topological polar surface area (TPSA) is 29.9 Å². The van der Waals surface area contributed by atoms with Gasteiger partial charge in [0.15, 0.2) is 0 Å². The molecule has 0 fully saturated rings. The van der Waals surface area contributed by atoms with Crippen molar-refractivity contribution in [3.05, 3.63) is 48.0 Å². The highest BCUT2D eigenvalue weighted by Crippen LogP contribution is 2.21. The molecule has 4 heteroatoms. The van der Waals surface area contributed by atoms with Gasteiger partial charge < -0.3 is 9.88 Å². The van der Waals surface area contributed by atoms with E-state index in [1.807, 2.05) is 31.2 Å². The zero-order valence-corrected chi connectivity index (χ0v) is 13.3. The smallest absolute Gasteiger partial charge is 0.109 e. The van der Waals surface area contributed by atoms with Crippen LogP contribution in [0, 0.1) is 0 Å². The lowest BCUT2D eigenvalue weighted by Gasteiger charge is -2.13. The van der Waals surface area contributed by atoms with Gasteiger partial charge in [0.05, 0.1) is 0 Å². The Balaban J connectivity index is 1.83. The lowest BCUT2D eigenvalue weighted by atomic mass is 10.1. The molecule has 2 aromatic rings. The van der Waals surface area contributed by atoms with Crippen LogP contribution in [0.3, 0.4) is 0 Å². The first-order valence-corrected chi connectivity index (χ1v) is 8.11. The van der Waals surface area contributed by atoms with E-state index in [1.54, 1.807) is 0 Å². The fourth-order valence-electron chi connectivity index (χ4n) is 2.17. The van der Waals surface area contributed by atoms with Crippen molar-refractivity contribution < 1.29 is 0 Å². The Bertz CT molecular complexity index is 519. The van der Waals surface area contributed by atoms with E-state index < -0.39 is 0 Å². The number of benzene rings is 1. The van der Waals surface area contributed by atoms with Crippen molar-refractivity contribution in [2.45, 2.75) is 31.2 Å². The molecule has 3 nitrogen and oxygen atoms in total. The fraction of sp³-hybridized carbons (Fsp3) is 0.438. The summed E-state index contributed by atoms with van der Waals surface area (Å²) in [5, 5.41) is 3.43. The molecule has 1 aromatic carbocycles. The fourth-order valence-corrected chi connectivity index (χ4v) is 3.02. The summed E-state index contributed by atoms with van der Waals surface area (Å²) in [6, 6.07) is 9.29. The van der Waals surface area contributed by atoms with Gasteiger partial charge in [0.1, 0.15) is 5.82 Å². The Morgan fingerprint density at radius 1 is 1.30 bits per heavy atom.